The highest BCUT2D eigenvalue weighted by Crippen LogP contribution is 2.25. The Balaban J connectivity index is 1.66. The molecule has 0 aliphatic heterocycles. The Kier molecular flexibility index (Phi) is 8.30. The molecule has 1 aliphatic rings. The second-order valence-electron chi connectivity index (χ2n) is 6.66. The normalized spacial score (nSPS) is 15.3. The third-order valence-electron chi connectivity index (χ3n) is 4.55. The minimum Gasteiger partial charge on any atom is -0.492 e. The summed E-state index contributed by atoms with van der Waals surface area (Å²) >= 11 is 0. The van der Waals surface area contributed by atoms with Gasteiger partial charge in [-0.25, -0.2) is 17.5 Å². The zero-order chi connectivity index (χ0) is 19.7. The van der Waals surface area contributed by atoms with Gasteiger partial charge in [-0.2, -0.15) is 0 Å². The topological polar surface area (TPSA) is 83.0 Å². The molecule has 0 unspecified atom stereocenters. The highest BCUT2D eigenvalue weighted by Gasteiger charge is 2.20. The van der Waals surface area contributed by atoms with E-state index in [4.69, 9.17) is 4.74 Å². The van der Waals surface area contributed by atoms with Crippen LogP contribution in [0.1, 0.15) is 19.3 Å². The number of nitrogens with zero attached hydrogens (tertiary/aromatic N) is 2. The minimum absolute atomic E-state index is 0.00133. The van der Waals surface area contributed by atoms with Crippen LogP contribution in [0.25, 0.3) is 0 Å². The second-order valence-corrected chi connectivity index (χ2v) is 8.59. The lowest BCUT2D eigenvalue weighted by atomic mass is 9.86. The van der Waals surface area contributed by atoms with Crippen LogP contribution in [0.5, 0.6) is 5.75 Å². The smallest absolute Gasteiger partial charge is 0.213 e. The first-order valence-electron chi connectivity index (χ1n) is 9.17. The lowest BCUT2D eigenvalue weighted by Crippen LogP contribution is -2.44. The molecule has 0 aromatic heterocycles. The summed E-state index contributed by atoms with van der Waals surface area (Å²) in [7, 11) is 0.202. The molecule has 9 heteroatoms. The van der Waals surface area contributed by atoms with Gasteiger partial charge in [0.15, 0.2) is 5.96 Å². The summed E-state index contributed by atoms with van der Waals surface area (Å²) < 4.78 is 45.1. The van der Waals surface area contributed by atoms with Gasteiger partial charge in [0.1, 0.15) is 18.2 Å². The molecule has 27 heavy (non-hydrogen) atoms. The van der Waals surface area contributed by atoms with Crippen molar-refractivity contribution in [2.45, 2.75) is 19.3 Å². The first-order chi connectivity index (χ1) is 12.9. The minimum atomic E-state index is -3.28. The van der Waals surface area contributed by atoms with Gasteiger partial charge >= 0.3 is 0 Å². The van der Waals surface area contributed by atoms with Crippen LogP contribution in [0.15, 0.2) is 29.3 Å². The summed E-state index contributed by atoms with van der Waals surface area (Å²) in [6.07, 6.45) is 3.41. The third-order valence-corrected chi connectivity index (χ3v) is 5.90. The van der Waals surface area contributed by atoms with Crippen LogP contribution in [-0.4, -0.2) is 65.4 Å². The van der Waals surface area contributed by atoms with Crippen LogP contribution < -0.4 is 14.8 Å². The SMILES string of the molecule is CN=C(NCCS(=O)(=O)NCC1CCC1)N(C)CCOc1ccc(F)cc1. The van der Waals surface area contributed by atoms with E-state index in [-0.39, 0.29) is 18.1 Å². The number of hydrogen-bond acceptors (Lipinski definition) is 4. The lowest BCUT2D eigenvalue weighted by Gasteiger charge is -2.25. The molecule has 0 amide bonds. The van der Waals surface area contributed by atoms with Crippen molar-refractivity contribution in [2.24, 2.45) is 10.9 Å². The molecule has 1 fully saturated rings. The summed E-state index contributed by atoms with van der Waals surface area (Å²) in [5, 5.41) is 3.05. The number of rotatable bonds is 10. The van der Waals surface area contributed by atoms with Gasteiger partial charge in [0, 0.05) is 27.2 Å². The number of ether oxygens (including phenoxy) is 1. The van der Waals surface area contributed by atoms with E-state index in [1.165, 1.54) is 18.6 Å². The summed E-state index contributed by atoms with van der Waals surface area (Å²) in [5.41, 5.74) is 0. The molecular formula is C18H29FN4O3S. The first kappa shape index (κ1) is 21.4. The van der Waals surface area contributed by atoms with E-state index in [9.17, 15) is 12.8 Å². The Morgan fingerprint density at radius 2 is 2.04 bits per heavy atom. The summed E-state index contributed by atoms with van der Waals surface area (Å²) in [6.45, 7) is 1.75. The highest BCUT2D eigenvalue weighted by molar-refractivity contribution is 7.89. The largest absolute Gasteiger partial charge is 0.492 e. The molecule has 1 aliphatic carbocycles. The van der Waals surface area contributed by atoms with Crippen molar-refractivity contribution in [3.63, 3.8) is 0 Å². The maximum atomic E-state index is 12.9. The zero-order valence-corrected chi connectivity index (χ0v) is 16.8. The standard InChI is InChI=1S/C18H29FN4O3S/c1-20-18(21-10-13-27(24,25)22-14-15-4-3-5-15)23(2)11-12-26-17-8-6-16(19)7-9-17/h6-9,15,22H,3-5,10-14H2,1-2H3,(H,20,21). The fourth-order valence-corrected chi connectivity index (χ4v) is 3.64. The van der Waals surface area contributed by atoms with Crippen LogP contribution in [0, 0.1) is 11.7 Å². The maximum Gasteiger partial charge on any atom is 0.213 e. The third kappa shape index (κ3) is 7.72. The average Bonchev–Trinajstić information content (AvgIpc) is 2.59. The van der Waals surface area contributed by atoms with E-state index in [0.29, 0.717) is 37.3 Å². The van der Waals surface area contributed by atoms with E-state index in [1.807, 2.05) is 11.9 Å². The lowest BCUT2D eigenvalue weighted by molar-refractivity contribution is 0.281. The van der Waals surface area contributed by atoms with Crippen molar-refractivity contribution in [2.75, 3.05) is 46.1 Å². The van der Waals surface area contributed by atoms with Gasteiger partial charge in [-0.15, -0.1) is 0 Å². The number of nitrogens with one attached hydrogen (secondary N) is 2. The monoisotopic (exact) mass is 400 g/mol. The molecule has 1 saturated carbocycles. The Bertz CT molecular complexity index is 706. The van der Waals surface area contributed by atoms with Gasteiger partial charge in [0.05, 0.1) is 12.3 Å². The molecule has 2 N–H and O–H groups in total. The summed E-state index contributed by atoms with van der Waals surface area (Å²) in [4.78, 5) is 6.00. The van der Waals surface area contributed by atoms with Crippen LogP contribution >= 0.6 is 0 Å². The number of guanidine groups is 1. The van der Waals surface area contributed by atoms with Gasteiger partial charge < -0.3 is 15.0 Å². The van der Waals surface area contributed by atoms with E-state index in [1.54, 1.807) is 19.2 Å². The molecule has 0 saturated heterocycles. The number of hydrogen-bond donors (Lipinski definition) is 2. The summed E-state index contributed by atoms with van der Waals surface area (Å²) in [6, 6.07) is 5.84. The maximum absolute atomic E-state index is 12.9. The molecule has 0 heterocycles. The molecule has 0 bridgehead atoms. The Hall–Kier alpha value is -1.87. The molecule has 0 radical (unpaired) electrons. The van der Waals surface area contributed by atoms with Crippen molar-refractivity contribution < 1.29 is 17.5 Å². The van der Waals surface area contributed by atoms with Crippen molar-refractivity contribution in [1.29, 1.82) is 0 Å². The molecule has 0 atom stereocenters. The van der Waals surface area contributed by atoms with E-state index >= 15 is 0 Å². The fraction of sp³-hybridized carbons (Fsp3) is 0.611. The number of sulfonamides is 1. The zero-order valence-electron chi connectivity index (χ0n) is 15.9. The van der Waals surface area contributed by atoms with Crippen LogP contribution in [-0.2, 0) is 10.0 Å². The molecule has 2 rings (SSSR count). The van der Waals surface area contributed by atoms with Gasteiger partial charge in [0.25, 0.3) is 0 Å². The van der Waals surface area contributed by atoms with Gasteiger partial charge in [-0.05, 0) is 43.0 Å². The number of benzene rings is 1. The Morgan fingerprint density at radius 1 is 1.33 bits per heavy atom. The van der Waals surface area contributed by atoms with E-state index in [0.717, 1.165) is 12.8 Å². The quantitative estimate of drug-likeness (QED) is 0.459. The highest BCUT2D eigenvalue weighted by atomic mass is 32.2. The number of halogens is 1. The Morgan fingerprint density at radius 3 is 2.63 bits per heavy atom. The molecular weight excluding hydrogens is 371 g/mol. The predicted octanol–water partition coefficient (Wildman–Crippen LogP) is 1.43. The molecule has 1 aromatic rings. The van der Waals surface area contributed by atoms with Gasteiger partial charge in [0.2, 0.25) is 10.0 Å². The van der Waals surface area contributed by atoms with E-state index < -0.39 is 10.0 Å². The molecule has 152 valence electrons. The second kappa shape index (κ2) is 10.5. The van der Waals surface area contributed by atoms with Crippen LogP contribution in [0.4, 0.5) is 4.39 Å². The van der Waals surface area contributed by atoms with Crippen molar-refractivity contribution in [1.82, 2.24) is 14.9 Å². The average molecular weight is 401 g/mol. The summed E-state index contributed by atoms with van der Waals surface area (Å²) in [5.74, 6) is 1.37. The Labute approximate surface area is 161 Å². The number of likely N-dealkylation sites (N-methyl/N-ethyl adjacent to an activating group) is 1. The predicted molar refractivity (Wildman–Crippen MR) is 105 cm³/mol. The van der Waals surface area contributed by atoms with Crippen molar-refractivity contribution >= 4 is 16.0 Å². The van der Waals surface area contributed by atoms with Crippen molar-refractivity contribution in [3.05, 3.63) is 30.1 Å². The fourth-order valence-electron chi connectivity index (χ4n) is 2.63. The van der Waals surface area contributed by atoms with Gasteiger partial charge in [-0.1, -0.05) is 6.42 Å². The first-order valence-corrected chi connectivity index (χ1v) is 10.8. The van der Waals surface area contributed by atoms with Crippen LogP contribution in [0.3, 0.4) is 0 Å². The molecule has 1 aromatic carbocycles. The molecule has 7 nitrogen and oxygen atoms in total. The van der Waals surface area contributed by atoms with Crippen LogP contribution in [0.2, 0.25) is 0 Å². The number of aliphatic imine (C=N–C) groups is 1. The van der Waals surface area contributed by atoms with Crippen molar-refractivity contribution in [3.8, 4) is 5.75 Å². The van der Waals surface area contributed by atoms with Gasteiger partial charge in [-0.3, -0.25) is 4.99 Å². The van der Waals surface area contributed by atoms with E-state index in [2.05, 4.69) is 15.0 Å². The molecule has 0 spiro atoms.